The van der Waals surface area contributed by atoms with Crippen LogP contribution in [0.2, 0.25) is 0 Å². The van der Waals surface area contributed by atoms with E-state index < -0.39 is 4.92 Å². The van der Waals surface area contributed by atoms with Gasteiger partial charge in [0.05, 0.1) is 30.1 Å². The third kappa shape index (κ3) is 2.19. The van der Waals surface area contributed by atoms with Gasteiger partial charge in [-0.1, -0.05) is 12.2 Å². The van der Waals surface area contributed by atoms with E-state index in [9.17, 15) is 19.7 Å². The van der Waals surface area contributed by atoms with Crippen LogP contribution >= 0.6 is 0 Å². The van der Waals surface area contributed by atoms with Crippen LogP contribution in [-0.2, 0) is 9.59 Å². The van der Waals surface area contributed by atoms with E-state index in [2.05, 4.69) is 17.3 Å². The summed E-state index contributed by atoms with van der Waals surface area (Å²) in [5, 5.41) is 16.2. The molecule has 8 nitrogen and oxygen atoms in total. The maximum Gasteiger partial charge on any atom is 0.311 e. The second-order valence-corrected chi connectivity index (χ2v) is 7.58. The fourth-order valence-corrected chi connectivity index (χ4v) is 5.11. The summed E-state index contributed by atoms with van der Waals surface area (Å²) in [6.07, 6.45) is 6.63. The van der Waals surface area contributed by atoms with E-state index in [0.29, 0.717) is 17.4 Å². The van der Waals surface area contributed by atoms with E-state index in [0.717, 1.165) is 11.4 Å². The number of benzene rings is 1. The van der Waals surface area contributed by atoms with Crippen LogP contribution in [0.5, 0.6) is 5.75 Å². The van der Waals surface area contributed by atoms with Crippen molar-refractivity contribution >= 4 is 23.7 Å². The Morgan fingerprint density at radius 3 is 2.37 bits per heavy atom. The third-order valence-electron chi connectivity index (χ3n) is 6.36. The first-order valence-corrected chi connectivity index (χ1v) is 8.94. The first-order valence-electron chi connectivity index (χ1n) is 8.94. The number of carbonyl (C=O) groups excluding carboxylic acids is 2. The number of carbonyl (C=O) groups is 2. The number of nitro benzene ring substituents is 1. The van der Waals surface area contributed by atoms with Crippen LogP contribution in [-0.4, -0.2) is 35.1 Å². The van der Waals surface area contributed by atoms with Crippen molar-refractivity contribution in [2.75, 3.05) is 7.11 Å². The van der Waals surface area contributed by atoms with Gasteiger partial charge in [-0.05, 0) is 42.2 Å². The molecule has 2 bridgehead atoms. The van der Waals surface area contributed by atoms with Crippen LogP contribution in [0.3, 0.4) is 0 Å². The van der Waals surface area contributed by atoms with Gasteiger partial charge < -0.3 is 4.74 Å². The number of imide groups is 1. The number of nitro groups is 1. The van der Waals surface area contributed by atoms with Gasteiger partial charge in [0.2, 0.25) is 0 Å². The molecule has 1 aromatic rings. The molecule has 0 aromatic heterocycles. The monoisotopic (exact) mass is 367 g/mol. The highest BCUT2D eigenvalue weighted by Crippen LogP contribution is 2.65. The Hall–Kier alpha value is -3.03. The maximum absolute atomic E-state index is 12.8. The van der Waals surface area contributed by atoms with Crippen molar-refractivity contribution < 1.29 is 19.2 Å². The number of hydrogen-bond donors (Lipinski definition) is 0. The average molecular weight is 367 g/mol. The van der Waals surface area contributed by atoms with Gasteiger partial charge in [-0.2, -0.15) is 10.1 Å². The van der Waals surface area contributed by atoms with Crippen LogP contribution in [0, 0.1) is 45.6 Å². The number of nitrogens with zero attached hydrogens (tertiary/aromatic N) is 3. The SMILES string of the molecule is COc1ccc(/C=N\N2C(=O)[C@@H]3[C@H]4C=C[C@@H]([C@@H]5C[C@H]45)[C@H]3C2=O)cc1[N+](=O)[O-]. The van der Waals surface area contributed by atoms with Crippen molar-refractivity contribution in [3.8, 4) is 5.75 Å². The smallest absolute Gasteiger partial charge is 0.311 e. The summed E-state index contributed by atoms with van der Waals surface area (Å²) in [5.41, 5.74) is 0.221. The van der Waals surface area contributed by atoms with E-state index in [1.54, 1.807) is 6.07 Å². The standard InChI is InChI=1S/C19H17N3O5/c1-27-15-5-2-9(6-14(15)22(25)26)8-20-21-18(23)16-10-3-4-11(13-7-12(10)13)17(16)19(21)24/h2-6,8,10-13,16-17H,7H2,1H3/b20-8-/t10-,11-,12-,13+,16+,17+/m0/s1. The molecule has 0 radical (unpaired) electrons. The number of rotatable bonds is 4. The highest BCUT2D eigenvalue weighted by Gasteiger charge is 2.67. The first-order chi connectivity index (χ1) is 13.0. The Kier molecular flexibility index (Phi) is 3.28. The Balaban J connectivity index is 1.42. The summed E-state index contributed by atoms with van der Waals surface area (Å²) in [4.78, 5) is 36.2. The molecule has 1 aliphatic heterocycles. The van der Waals surface area contributed by atoms with Crippen molar-refractivity contribution in [3.63, 3.8) is 0 Å². The number of hydrogen-bond acceptors (Lipinski definition) is 6. The van der Waals surface area contributed by atoms with Crippen molar-refractivity contribution in [1.82, 2.24) is 5.01 Å². The molecular formula is C19H17N3O5. The molecule has 6 rings (SSSR count). The molecule has 1 heterocycles. The zero-order valence-corrected chi connectivity index (χ0v) is 14.5. The molecule has 1 saturated heterocycles. The Bertz CT molecular complexity index is 903. The molecule has 6 atom stereocenters. The van der Waals surface area contributed by atoms with Crippen molar-refractivity contribution in [2.45, 2.75) is 6.42 Å². The van der Waals surface area contributed by atoms with Crippen molar-refractivity contribution in [2.24, 2.45) is 40.6 Å². The number of amides is 2. The lowest BCUT2D eigenvalue weighted by molar-refractivity contribution is -0.385. The van der Waals surface area contributed by atoms with Gasteiger partial charge in [0, 0.05) is 11.6 Å². The predicted octanol–water partition coefficient (Wildman–Crippen LogP) is 1.99. The third-order valence-corrected chi connectivity index (χ3v) is 6.36. The maximum atomic E-state index is 12.8. The molecule has 2 amide bonds. The van der Waals surface area contributed by atoms with Gasteiger partial charge in [-0.25, -0.2) is 0 Å². The van der Waals surface area contributed by atoms with Gasteiger partial charge in [0.25, 0.3) is 11.8 Å². The van der Waals surface area contributed by atoms with Crippen LogP contribution in [0.1, 0.15) is 12.0 Å². The molecule has 138 valence electrons. The van der Waals surface area contributed by atoms with Crippen LogP contribution in [0.25, 0.3) is 0 Å². The van der Waals surface area contributed by atoms with Crippen molar-refractivity contribution in [3.05, 3.63) is 46.0 Å². The molecule has 0 N–H and O–H groups in total. The summed E-state index contributed by atoms with van der Waals surface area (Å²) < 4.78 is 4.97. The lowest BCUT2D eigenvalue weighted by Crippen LogP contribution is -2.40. The predicted molar refractivity (Wildman–Crippen MR) is 93.8 cm³/mol. The Labute approximate surface area is 154 Å². The normalized spacial score (nSPS) is 35.5. The second kappa shape index (κ2) is 5.48. The van der Waals surface area contributed by atoms with Crippen LogP contribution in [0.15, 0.2) is 35.5 Å². The quantitative estimate of drug-likeness (QED) is 0.266. The lowest BCUT2D eigenvalue weighted by Gasteiger charge is -2.37. The zero-order valence-electron chi connectivity index (χ0n) is 14.5. The highest BCUT2D eigenvalue weighted by atomic mass is 16.6. The highest BCUT2D eigenvalue weighted by molar-refractivity contribution is 6.06. The van der Waals surface area contributed by atoms with Gasteiger partial charge in [0.15, 0.2) is 5.75 Å². The summed E-state index contributed by atoms with van der Waals surface area (Å²) in [6, 6.07) is 4.36. The molecule has 0 spiro atoms. The lowest BCUT2D eigenvalue weighted by atomic mass is 9.63. The largest absolute Gasteiger partial charge is 0.490 e. The molecule has 1 aromatic carbocycles. The molecule has 4 aliphatic carbocycles. The zero-order chi connectivity index (χ0) is 18.9. The number of methoxy groups -OCH3 is 1. The van der Waals surface area contributed by atoms with Crippen LogP contribution < -0.4 is 4.74 Å². The number of hydrazone groups is 1. The molecule has 8 heteroatoms. The van der Waals surface area contributed by atoms with Gasteiger partial charge in [-0.15, -0.1) is 0 Å². The number of ether oxygens (including phenoxy) is 1. The Morgan fingerprint density at radius 2 is 1.81 bits per heavy atom. The summed E-state index contributed by atoms with van der Waals surface area (Å²) in [6.45, 7) is 0. The van der Waals surface area contributed by atoms with E-state index in [1.165, 1.54) is 25.5 Å². The van der Waals surface area contributed by atoms with E-state index >= 15 is 0 Å². The molecular weight excluding hydrogens is 350 g/mol. The minimum atomic E-state index is -0.549. The van der Waals surface area contributed by atoms with E-state index in [-0.39, 0.29) is 46.9 Å². The number of allylic oxidation sites excluding steroid dienone is 2. The molecule has 5 aliphatic rings. The molecule has 2 saturated carbocycles. The second-order valence-electron chi connectivity index (χ2n) is 7.58. The van der Waals surface area contributed by atoms with E-state index in [1.807, 2.05) is 0 Å². The minimum Gasteiger partial charge on any atom is -0.490 e. The summed E-state index contributed by atoms with van der Waals surface area (Å²) in [7, 11) is 1.35. The summed E-state index contributed by atoms with van der Waals surface area (Å²) >= 11 is 0. The summed E-state index contributed by atoms with van der Waals surface area (Å²) in [5.74, 6) is 0.364. The van der Waals surface area contributed by atoms with E-state index in [4.69, 9.17) is 4.74 Å². The topological polar surface area (TPSA) is 102 Å². The molecule has 3 fully saturated rings. The Morgan fingerprint density at radius 1 is 1.19 bits per heavy atom. The average Bonchev–Trinajstić information content (AvgIpc) is 3.45. The first kappa shape index (κ1) is 16.2. The van der Waals surface area contributed by atoms with Gasteiger partial charge >= 0.3 is 5.69 Å². The van der Waals surface area contributed by atoms with Gasteiger partial charge in [-0.3, -0.25) is 19.7 Å². The van der Waals surface area contributed by atoms with Crippen molar-refractivity contribution in [1.29, 1.82) is 0 Å². The van der Waals surface area contributed by atoms with Crippen LogP contribution in [0.4, 0.5) is 5.69 Å². The molecule has 0 unspecified atom stereocenters. The van der Waals surface area contributed by atoms with Gasteiger partial charge in [0.1, 0.15) is 0 Å². The fraction of sp³-hybridized carbons (Fsp3) is 0.421. The minimum absolute atomic E-state index is 0.137. The fourth-order valence-electron chi connectivity index (χ4n) is 5.11. The molecule has 27 heavy (non-hydrogen) atoms.